The van der Waals surface area contributed by atoms with Crippen molar-refractivity contribution in [3.63, 3.8) is 0 Å². The predicted octanol–water partition coefficient (Wildman–Crippen LogP) is 0.801. The monoisotopic (exact) mass is 245 g/mol. The second-order valence-electron chi connectivity index (χ2n) is 3.46. The molecule has 0 bridgehead atoms. The van der Waals surface area contributed by atoms with E-state index in [-0.39, 0.29) is 5.75 Å². The highest BCUT2D eigenvalue weighted by Crippen LogP contribution is 2.31. The molecule has 90 valence electrons. The molecule has 0 fully saturated rings. The summed E-state index contributed by atoms with van der Waals surface area (Å²) in [6, 6.07) is 3.48. The van der Waals surface area contributed by atoms with Crippen LogP contribution in [0.2, 0.25) is 0 Å². The van der Waals surface area contributed by atoms with Crippen LogP contribution in [0.5, 0.6) is 11.5 Å². The van der Waals surface area contributed by atoms with Gasteiger partial charge in [-0.25, -0.2) is 13.6 Å². The largest absolute Gasteiger partial charge is 0.496 e. The number of aryl methyl sites for hydroxylation is 1. The Kier molecular flexibility index (Phi) is 3.77. The molecule has 0 saturated carbocycles. The fourth-order valence-corrected chi connectivity index (χ4v) is 2.15. The summed E-state index contributed by atoms with van der Waals surface area (Å²) in [5.41, 5.74) is 1.37. The van der Waals surface area contributed by atoms with Crippen LogP contribution in [0.15, 0.2) is 12.1 Å². The van der Waals surface area contributed by atoms with Gasteiger partial charge in [0.2, 0.25) is 10.0 Å². The van der Waals surface area contributed by atoms with Crippen molar-refractivity contribution in [2.75, 3.05) is 14.2 Å². The van der Waals surface area contributed by atoms with E-state index in [1.54, 1.807) is 12.1 Å². The van der Waals surface area contributed by atoms with Gasteiger partial charge in [-0.1, -0.05) is 0 Å². The molecular weight excluding hydrogens is 230 g/mol. The van der Waals surface area contributed by atoms with Gasteiger partial charge in [0, 0.05) is 0 Å². The standard InChI is InChI=1S/C10H15NO4S/c1-7-4-9(14-2)8(6-16(11,12)13)10(5-7)15-3/h4-5H,6H2,1-3H3,(H2,11,12,13). The Morgan fingerprint density at radius 3 is 1.94 bits per heavy atom. The van der Waals surface area contributed by atoms with Crippen molar-refractivity contribution in [2.45, 2.75) is 12.7 Å². The molecule has 0 aromatic heterocycles. The Bertz CT molecular complexity index is 457. The van der Waals surface area contributed by atoms with Crippen LogP contribution in [-0.2, 0) is 15.8 Å². The number of nitrogens with two attached hydrogens (primary N) is 1. The van der Waals surface area contributed by atoms with Crippen molar-refractivity contribution in [1.82, 2.24) is 0 Å². The molecule has 0 spiro atoms. The lowest BCUT2D eigenvalue weighted by Crippen LogP contribution is -2.15. The summed E-state index contributed by atoms with van der Waals surface area (Å²) in [6.45, 7) is 1.87. The van der Waals surface area contributed by atoms with Crippen molar-refractivity contribution < 1.29 is 17.9 Å². The summed E-state index contributed by atoms with van der Waals surface area (Å²) in [5.74, 6) is 0.622. The summed E-state index contributed by atoms with van der Waals surface area (Å²) in [6.07, 6.45) is 0. The summed E-state index contributed by atoms with van der Waals surface area (Å²) in [4.78, 5) is 0. The van der Waals surface area contributed by atoms with Crippen molar-refractivity contribution in [3.05, 3.63) is 23.3 Å². The summed E-state index contributed by atoms with van der Waals surface area (Å²) in [5, 5.41) is 5.01. The van der Waals surface area contributed by atoms with E-state index in [0.717, 1.165) is 5.56 Å². The number of ether oxygens (including phenoxy) is 2. The number of primary sulfonamides is 1. The van der Waals surface area contributed by atoms with Crippen LogP contribution in [0, 0.1) is 6.92 Å². The molecule has 1 aromatic carbocycles. The highest BCUT2D eigenvalue weighted by molar-refractivity contribution is 7.88. The molecule has 0 aliphatic carbocycles. The van der Waals surface area contributed by atoms with Crippen molar-refractivity contribution in [3.8, 4) is 11.5 Å². The van der Waals surface area contributed by atoms with Crippen LogP contribution in [-0.4, -0.2) is 22.6 Å². The number of sulfonamides is 1. The molecule has 0 aliphatic rings. The molecule has 2 N–H and O–H groups in total. The molecule has 1 aromatic rings. The van der Waals surface area contributed by atoms with E-state index < -0.39 is 10.0 Å². The number of rotatable bonds is 4. The van der Waals surface area contributed by atoms with Gasteiger partial charge in [0.1, 0.15) is 11.5 Å². The topological polar surface area (TPSA) is 78.6 Å². The zero-order valence-corrected chi connectivity index (χ0v) is 10.3. The third-order valence-corrected chi connectivity index (χ3v) is 2.79. The maximum absolute atomic E-state index is 11.1. The Balaban J connectivity index is 3.33. The smallest absolute Gasteiger partial charge is 0.213 e. The first-order valence-corrected chi connectivity index (χ1v) is 6.31. The van der Waals surface area contributed by atoms with Gasteiger partial charge >= 0.3 is 0 Å². The zero-order chi connectivity index (χ0) is 12.3. The van der Waals surface area contributed by atoms with E-state index in [2.05, 4.69) is 0 Å². The zero-order valence-electron chi connectivity index (χ0n) is 9.48. The van der Waals surface area contributed by atoms with Crippen molar-refractivity contribution in [1.29, 1.82) is 0 Å². The second-order valence-corrected chi connectivity index (χ2v) is 5.07. The lowest BCUT2D eigenvalue weighted by molar-refractivity contribution is 0.387. The highest BCUT2D eigenvalue weighted by atomic mass is 32.2. The van der Waals surface area contributed by atoms with Gasteiger partial charge < -0.3 is 9.47 Å². The van der Waals surface area contributed by atoms with Crippen LogP contribution < -0.4 is 14.6 Å². The van der Waals surface area contributed by atoms with Crippen LogP contribution in [0.1, 0.15) is 11.1 Å². The first-order valence-electron chi connectivity index (χ1n) is 4.59. The van der Waals surface area contributed by atoms with E-state index in [0.29, 0.717) is 17.1 Å². The summed E-state index contributed by atoms with van der Waals surface area (Å²) < 4.78 is 32.4. The second kappa shape index (κ2) is 4.71. The Labute approximate surface area is 95.2 Å². The quantitative estimate of drug-likeness (QED) is 0.851. The number of hydrogen-bond donors (Lipinski definition) is 1. The first-order chi connectivity index (χ1) is 7.37. The molecule has 5 nitrogen and oxygen atoms in total. The van der Waals surface area contributed by atoms with E-state index >= 15 is 0 Å². The molecule has 1 rings (SSSR count). The maximum Gasteiger partial charge on any atom is 0.213 e. The fraction of sp³-hybridized carbons (Fsp3) is 0.400. The molecule has 0 saturated heterocycles. The number of hydrogen-bond acceptors (Lipinski definition) is 4. The summed E-state index contributed by atoms with van der Waals surface area (Å²) in [7, 11) is -0.669. The molecule has 0 radical (unpaired) electrons. The van der Waals surface area contributed by atoms with Gasteiger partial charge in [-0.3, -0.25) is 0 Å². The minimum atomic E-state index is -3.62. The van der Waals surface area contributed by atoms with Crippen LogP contribution in [0.3, 0.4) is 0 Å². The SMILES string of the molecule is COc1cc(C)cc(OC)c1CS(N)(=O)=O. The van der Waals surface area contributed by atoms with E-state index in [9.17, 15) is 8.42 Å². The number of benzene rings is 1. The van der Waals surface area contributed by atoms with E-state index in [1.807, 2.05) is 6.92 Å². The van der Waals surface area contributed by atoms with E-state index in [1.165, 1.54) is 14.2 Å². The van der Waals surface area contributed by atoms with Gasteiger partial charge in [0.05, 0.1) is 25.5 Å². The maximum atomic E-state index is 11.1. The van der Waals surface area contributed by atoms with Gasteiger partial charge in [-0.15, -0.1) is 0 Å². The number of methoxy groups -OCH3 is 2. The molecule has 0 unspecified atom stereocenters. The third kappa shape index (κ3) is 3.11. The fourth-order valence-electron chi connectivity index (χ4n) is 1.46. The van der Waals surface area contributed by atoms with Crippen molar-refractivity contribution >= 4 is 10.0 Å². The third-order valence-electron chi connectivity index (χ3n) is 2.10. The predicted molar refractivity (Wildman–Crippen MR) is 61.1 cm³/mol. The normalized spacial score (nSPS) is 11.2. The van der Waals surface area contributed by atoms with E-state index in [4.69, 9.17) is 14.6 Å². The molecule has 16 heavy (non-hydrogen) atoms. The lowest BCUT2D eigenvalue weighted by Gasteiger charge is -2.13. The van der Waals surface area contributed by atoms with Crippen molar-refractivity contribution in [2.24, 2.45) is 5.14 Å². The first kappa shape index (κ1) is 12.8. The minimum Gasteiger partial charge on any atom is -0.496 e. The van der Waals surface area contributed by atoms with Gasteiger partial charge in [0.25, 0.3) is 0 Å². The summed E-state index contributed by atoms with van der Waals surface area (Å²) >= 11 is 0. The molecule has 6 heteroatoms. The van der Waals surface area contributed by atoms with Crippen LogP contribution >= 0.6 is 0 Å². The van der Waals surface area contributed by atoms with Crippen LogP contribution in [0.25, 0.3) is 0 Å². The average molecular weight is 245 g/mol. The Morgan fingerprint density at radius 1 is 1.19 bits per heavy atom. The average Bonchev–Trinajstić information content (AvgIpc) is 2.18. The van der Waals surface area contributed by atoms with Gasteiger partial charge in [-0.2, -0.15) is 0 Å². The minimum absolute atomic E-state index is 0.306. The highest BCUT2D eigenvalue weighted by Gasteiger charge is 2.16. The molecule has 0 aliphatic heterocycles. The Morgan fingerprint density at radius 2 is 1.62 bits per heavy atom. The Hall–Kier alpha value is -1.27. The van der Waals surface area contributed by atoms with Gasteiger partial charge in [-0.05, 0) is 24.6 Å². The molecular formula is C10H15NO4S. The van der Waals surface area contributed by atoms with Gasteiger partial charge in [0.15, 0.2) is 0 Å². The lowest BCUT2D eigenvalue weighted by atomic mass is 10.1. The van der Waals surface area contributed by atoms with Crippen LogP contribution in [0.4, 0.5) is 0 Å². The molecule has 0 amide bonds. The molecule has 0 heterocycles. The molecule has 0 atom stereocenters.